The number of rotatable bonds is 1. The maximum Gasteiger partial charge on any atom is 0.169 e. The largest absolute Gasteiger partial charge is 0.376 e. The van der Waals surface area contributed by atoms with Crippen molar-refractivity contribution in [3.63, 3.8) is 0 Å². The lowest BCUT2D eigenvalue weighted by Crippen LogP contribution is -2.19. The van der Waals surface area contributed by atoms with Gasteiger partial charge in [0.15, 0.2) is 5.11 Å². The minimum atomic E-state index is 0.239. The number of aryl methyl sites for hydroxylation is 1. The van der Waals surface area contributed by atoms with Gasteiger partial charge in [-0.25, -0.2) is 4.98 Å². The van der Waals surface area contributed by atoms with Gasteiger partial charge in [-0.3, -0.25) is 0 Å². The molecule has 1 aromatic heterocycles. The van der Waals surface area contributed by atoms with Gasteiger partial charge in [-0.1, -0.05) is 0 Å². The Balaban J connectivity index is 0.000000671. The Bertz CT molecular complexity index is 309. The second kappa shape index (κ2) is 5.85. The molecule has 0 radical (unpaired) electrons. The number of hydrogen-bond acceptors (Lipinski definition) is 4. The molecule has 0 aliphatic carbocycles. The van der Waals surface area contributed by atoms with Crippen LogP contribution >= 0.6 is 12.2 Å². The zero-order valence-corrected chi connectivity index (χ0v) is 7.88. The van der Waals surface area contributed by atoms with Gasteiger partial charge in [0.1, 0.15) is 5.82 Å². The van der Waals surface area contributed by atoms with E-state index in [9.17, 15) is 0 Å². The van der Waals surface area contributed by atoms with Gasteiger partial charge in [0.2, 0.25) is 0 Å². The van der Waals surface area contributed by atoms with E-state index in [0.29, 0.717) is 5.82 Å². The van der Waals surface area contributed by atoms with Crippen molar-refractivity contribution in [2.24, 2.45) is 5.73 Å². The maximum absolute atomic E-state index is 6.00. The van der Waals surface area contributed by atoms with E-state index in [0.717, 1.165) is 5.56 Å². The van der Waals surface area contributed by atoms with Gasteiger partial charge in [-0.05, 0) is 36.8 Å². The van der Waals surface area contributed by atoms with Crippen molar-refractivity contribution in [1.82, 2.24) is 4.98 Å². The fraction of sp³-hybridized carbons (Fsp3) is 0.143. The van der Waals surface area contributed by atoms with E-state index in [2.05, 4.69) is 22.5 Å². The Hall–Kier alpha value is -1.74. The summed E-state index contributed by atoms with van der Waals surface area (Å²) in [6, 6.07) is 3.78. The van der Waals surface area contributed by atoms with Crippen LogP contribution in [0.25, 0.3) is 0 Å². The smallest absolute Gasteiger partial charge is 0.169 e. The van der Waals surface area contributed by atoms with Crippen molar-refractivity contribution < 1.29 is 0 Å². The lowest BCUT2D eigenvalue weighted by molar-refractivity contribution is 1.15. The third kappa shape index (κ3) is 4.66. The molecule has 0 aliphatic heterocycles. The maximum atomic E-state index is 6.00. The summed E-state index contributed by atoms with van der Waals surface area (Å²) in [5.74, 6) is 0.692. The van der Waals surface area contributed by atoms with Crippen molar-refractivity contribution in [2.45, 2.75) is 6.92 Å². The summed E-state index contributed by atoms with van der Waals surface area (Å²) in [5, 5.41) is 15.0. The molecule has 1 rings (SSSR count). The summed E-state index contributed by atoms with van der Waals surface area (Å²) in [6.07, 6.45) is 1.70. The lowest BCUT2D eigenvalue weighted by Gasteiger charge is -2.01. The number of pyridine rings is 1. The zero-order chi connectivity index (χ0) is 10.3. The number of nitrogens with zero attached hydrogens (tertiary/aromatic N) is 3. The van der Waals surface area contributed by atoms with Gasteiger partial charge in [-0.2, -0.15) is 0 Å². The summed E-state index contributed by atoms with van der Waals surface area (Å²) < 4.78 is 0. The predicted octanol–water partition coefficient (Wildman–Crippen LogP) is 1.08. The molecule has 68 valence electrons. The molecule has 0 bridgehead atoms. The van der Waals surface area contributed by atoms with Crippen LogP contribution in [0.3, 0.4) is 0 Å². The van der Waals surface area contributed by atoms with E-state index in [1.165, 1.54) is 0 Å². The quantitative estimate of drug-likeness (QED) is 0.513. The Labute approximate surface area is 81.4 Å². The van der Waals surface area contributed by atoms with Crippen LogP contribution in [0, 0.1) is 17.7 Å². The Morgan fingerprint density at radius 2 is 2.23 bits per heavy atom. The average Bonchev–Trinajstić information content (AvgIpc) is 2.06. The van der Waals surface area contributed by atoms with E-state index in [4.69, 9.17) is 16.5 Å². The second-order valence-electron chi connectivity index (χ2n) is 2.21. The molecule has 0 atom stereocenters. The van der Waals surface area contributed by atoms with Crippen LogP contribution < -0.4 is 11.1 Å². The van der Waals surface area contributed by atoms with Crippen molar-refractivity contribution in [1.29, 1.82) is 10.8 Å². The average molecular weight is 195 g/mol. The van der Waals surface area contributed by atoms with E-state index >= 15 is 0 Å². The topological polar surface area (TPSA) is 98.5 Å². The monoisotopic (exact) mass is 195 g/mol. The highest BCUT2D eigenvalue weighted by Crippen LogP contribution is 2.03. The van der Waals surface area contributed by atoms with Crippen molar-refractivity contribution in [2.75, 3.05) is 5.32 Å². The molecule has 13 heavy (non-hydrogen) atoms. The minimum absolute atomic E-state index is 0.239. The number of anilines is 1. The molecule has 0 aromatic carbocycles. The molecular formula is C7H9N5S. The Morgan fingerprint density at radius 3 is 2.69 bits per heavy atom. The molecule has 0 amide bonds. The van der Waals surface area contributed by atoms with Gasteiger partial charge in [-0.15, -0.1) is 0 Å². The van der Waals surface area contributed by atoms with Crippen LogP contribution in [0.15, 0.2) is 18.3 Å². The summed E-state index contributed by atoms with van der Waals surface area (Å²) in [4.78, 5) is 4.00. The molecule has 0 saturated carbocycles. The molecular weight excluding hydrogens is 186 g/mol. The highest BCUT2D eigenvalue weighted by atomic mass is 32.1. The number of thiocarbonyl (C=S) groups is 1. The van der Waals surface area contributed by atoms with Gasteiger partial charge in [0.25, 0.3) is 0 Å². The van der Waals surface area contributed by atoms with Gasteiger partial charge >= 0.3 is 0 Å². The lowest BCUT2D eigenvalue weighted by atomic mass is 10.3. The molecule has 5 nitrogen and oxygen atoms in total. The Kier molecular flexibility index (Phi) is 5.07. The fourth-order valence-electron chi connectivity index (χ4n) is 0.731. The van der Waals surface area contributed by atoms with E-state index in [-0.39, 0.29) is 5.11 Å². The molecule has 0 unspecified atom stereocenters. The van der Waals surface area contributed by atoms with Crippen LogP contribution in [-0.4, -0.2) is 10.1 Å². The highest BCUT2D eigenvalue weighted by molar-refractivity contribution is 7.80. The van der Waals surface area contributed by atoms with Crippen LogP contribution in [0.1, 0.15) is 5.56 Å². The minimum Gasteiger partial charge on any atom is -0.376 e. The van der Waals surface area contributed by atoms with Crippen LogP contribution in [0.4, 0.5) is 5.82 Å². The summed E-state index contributed by atoms with van der Waals surface area (Å²) in [5.41, 5.74) is 6.38. The summed E-state index contributed by atoms with van der Waals surface area (Å²) in [7, 11) is 0. The molecule has 1 heterocycles. The molecule has 0 fully saturated rings. The third-order valence-corrected chi connectivity index (χ3v) is 1.27. The first-order valence-corrected chi connectivity index (χ1v) is 3.78. The van der Waals surface area contributed by atoms with E-state index in [1.54, 1.807) is 6.20 Å². The number of nitrogens with one attached hydrogen (secondary N) is 1. The number of hydrogen-bond donors (Lipinski definition) is 2. The first kappa shape index (κ1) is 11.3. The second-order valence-corrected chi connectivity index (χ2v) is 2.65. The summed E-state index contributed by atoms with van der Waals surface area (Å²) >= 11 is 4.65. The zero-order valence-electron chi connectivity index (χ0n) is 7.06. The molecule has 1 aromatic rings. The van der Waals surface area contributed by atoms with Crippen molar-refractivity contribution in [3.05, 3.63) is 23.9 Å². The summed E-state index contributed by atoms with van der Waals surface area (Å²) in [6.45, 7) is 1.98. The first-order chi connectivity index (χ1) is 6.18. The predicted molar refractivity (Wildman–Crippen MR) is 52.8 cm³/mol. The molecule has 0 spiro atoms. The molecule has 0 aliphatic rings. The first-order valence-electron chi connectivity index (χ1n) is 3.37. The van der Waals surface area contributed by atoms with E-state index in [1.807, 2.05) is 19.1 Å². The van der Waals surface area contributed by atoms with Gasteiger partial charge in [0.05, 0.1) is 0 Å². The molecule has 0 saturated heterocycles. The standard InChI is InChI=1S/C7H9N3S.N2/c1-5-2-3-9-6(4-5)10-7(8)11;1-2/h2-4H,1H3,(H3,8,9,10,11);. The van der Waals surface area contributed by atoms with Crippen molar-refractivity contribution in [3.8, 4) is 0 Å². The normalized spacial score (nSPS) is 7.92. The van der Waals surface area contributed by atoms with Crippen molar-refractivity contribution >= 4 is 23.1 Å². The highest BCUT2D eigenvalue weighted by Gasteiger charge is 1.92. The van der Waals surface area contributed by atoms with Crippen LogP contribution in [0.5, 0.6) is 0 Å². The number of nitrogens with two attached hydrogens (primary N) is 1. The van der Waals surface area contributed by atoms with Gasteiger partial charge in [0, 0.05) is 17.0 Å². The fourth-order valence-corrected chi connectivity index (χ4v) is 0.835. The van der Waals surface area contributed by atoms with E-state index < -0.39 is 0 Å². The molecule has 6 heteroatoms. The van der Waals surface area contributed by atoms with Crippen LogP contribution in [-0.2, 0) is 0 Å². The Morgan fingerprint density at radius 1 is 1.62 bits per heavy atom. The SMILES string of the molecule is Cc1ccnc(NC(N)=S)c1.N#N. The molecule has 3 N–H and O–H groups in total. The van der Waals surface area contributed by atoms with Crippen LogP contribution in [0.2, 0.25) is 0 Å². The third-order valence-electron chi connectivity index (χ3n) is 1.17. The number of aromatic nitrogens is 1. The van der Waals surface area contributed by atoms with Gasteiger partial charge < -0.3 is 11.1 Å².